The van der Waals surface area contributed by atoms with Crippen LogP contribution in [0.2, 0.25) is 0 Å². The Hall–Kier alpha value is -6.38. The molecule has 10 rings (SSSR count). The van der Waals surface area contributed by atoms with Crippen molar-refractivity contribution >= 4 is 82.1 Å². The van der Waals surface area contributed by atoms with Crippen LogP contribution in [0.1, 0.15) is 0 Å². The molecule has 0 unspecified atom stereocenters. The number of rotatable bonds is 4. The van der Waals surface area contributed by atoms with Gasteiger partial charge in [-0.3, -0.25) is 0 Å². The van der Waals surface area contributed by atoms with Crippen molar-refractivity contribution in [1.29, 1.82) is 0 Å². The van der Waals surface area contributed by atoms with Crippen molar-refractivity contribution < 1.29 is 4.42 Å². The van der Waals surface area contributed by atoms with E-state index >= 15 is 0 Å². The van der Waals surface area contributed by atoms with E-state index in [1.165, 1.54) is 59.6 Å². The van der Waals surface area contributed by atoms with Crippen molar-refractivity contribution in [2.45, 2.75) is 0 Å². The summed E-state index contributed by atoms with van der Waals surface area (Å²) in [5.74, 6) is 0. The molecule has 2 nitrogen and oxygen atoms in total. The predicted octanol–water partition coefficient (Wildman–Crippen LogP) is 13.3. The third-order valence-electron chi connectivity index (χ3n) is 9.82. The summed E-state index contributed by atoms with van der Waals surface area (Å²) < 4.78 is 6.39. The number of para-hydroxylation sites is 2. The molecule has 48 heavy (non-hydrogen) atoms. The van der Waals surface area contributed by atoms with E-state index in [1.54, 1.807) is 0 Å². The van der Waals surface area contributed by atoms with E-state index in [0.717, 1.165) is 33.6 Å². The van der Waals surface area contributed by atoms with Gasteiger partial charge in [0.25, 0.3) is 0 Å². The lowest BCUT2D eigenvalue weighted by Crippen LogP contribution is -2.12. The van der Waals surface area contributed by atoms with Crippen molar-refractivity contribution in [3.8, 4) is 11.1 Å². The van der Waals surface area contributed by atoms with E-state index < -0.39 is 0 Å². The molecule has 1 aromatic heterocycles. The van der Waals surface area contributed by atoms with Crippen LogP contribution in [0.4, 0.5) is 17.1 Å². The zero-order valence-corrected chi connectivity index (χ0v) is 26.1. The van der Waals surface area contributed by atoms with Crippen molar-refractivity contribution in [1.82, 2.24) is 0 Å². The van der Waals surface area contributed by atoms with Crippen LogP contribution >= 0.6 is 0 Å². The fraction of sp³-hybridized carbons (Fsp3) is 0. The number of benzene rings is 9. The SMILES string of the molecule is c1ccc(-c2ccccc2N(c2cccc3ccccc23)c2cccc3c4ccc5oc6ccccc6c5c4c4ccccc4c23)cc1. The molecule has 0 N–H and O–H groups in total. The topological polar surface area (TPSA) is 16.4 Å². The first-order valence-corrected chi connectivity index (χ1v) is 16.4. The van der Waals surface area contributed by atoms with Gasteiger partial charge in [-0.25, -0.2) is 0 Å². The predicted molar refractivity (Wildman–Crippen MR) is 204 cm³/mol. The molecule has 0 aliphatic carbocycles. The summed E-state index contributed by atoms with van der Waals surface area (Å²) in [5, 5.41) is 12.1. The van der Waals surface area contributed by atoms with Crippen LogP contribution in [0.15, 0.2) is 180 Å². The van der Waals surface area contributed by atoms with E-state index in [0.29, 0.717) is 0 Å². The maximum atomic E-state index is 6.39. The molecule has 0 saturated heterocycles. The number of hydrogen-bond donors (Lipinski definition) is 0. The fourth-order valence-corrected chi connectivity index (χ4v) is 7.80. The second-order valence-corrected chi connectivity index (χ2v) is 12.4. The van der Waals surface area contributed by atoms with Gasteiger partial charge in [-0.2, -0.15) is 0 Å². The second-order valence-electron chi connectivity index (χ2n) is 12.4. The molecule has 1 heterocycles. The molecule has 2 heteroatoms. The molecule has 0 aliphatic rings. The summed E-state index contributed by atoms with van der Waals surface area (Å²) in [4.78, 5) is 2.48. The summed E-state index contributed by atoms with van der Waals surface area (Å²) in [6, 6.07) is 63.3. The number of nitrogens with zero attached hydrogens (tertiary/aromatic N) is 1. The maximum absolute atomic E-state index is 6.39. The monoisotopic (exact) mass is 611 g/mol. The first kappa shape index (κ1) is 26.8. The maximum Gasteiger partial charge on any atom is 0.136 e. The summed E-state index contributed by atoms with van der Waals surface area (Å²) in [7, 11) is 0. The van der Waals surface area contributed by atoms with Gasteiger partial charge < -0.3 is 9.32 Å². The summed E-state index contributed by atoms with van der Waals surface area (Å²) in [6.45, 7) is 0. The summed E-state index contributed by atoms with van der Waals surface area (Å²) in [5.41, 5.74) is 7.61. The third kappa shape index (κ3) is 3.93. The van der Waals surface area contributed by atoms with Gasteiger partial charge in [-0.05, 0) is 68.9 Å². The standard InChI is InChI=1S/C46H29NO/c1-2-14-30(15-3-1)32-19-8-10-24-39(32)47(40-25-12-17-31-16-4-5-18-33(31)40)41-26-13-23-35-37-28-29-43-46(38-22-9-11-27-42(38)48-43)45(37)36-21-7-6-20-34(36)44(35)41/h1-29H. The Morgan fingerprint density at radius 2 is 0.875 bits per heavy atom. The van der Waals surface area contributed by atoms with Gasteiger partial charge in [0, 0.05) is 32.5 Å². The van der Waals surface area contributed by atoms with Crippen LogP contribution in [-0.4, -0.2) is 0 Å². The number of hydrogen-bond acceptors (Lipinski definition) is 2. The Labute approximate surface area is 277 Å². The van der Waals surface area contributed by atoms with Crippen LogP contribution in [0, 0.1) is 0 Å². The minimum absolute atomic E-state index is 0.914. The molecule has 0 bridgehead atoms. The van der Waals surface area contributed by atoms with Crippen LogP contribution in [0.5, 0.6) is 0 Å². The molecule has 0 atom stereocenters. The lowest BCUT2D eigenvalue weighted by molar-refractivity contribution is 0.669. The molecule has 224 valence electrons. The van der Waals surface area contributed by atoms with Gasteiger partial charge in [0.1, 0.15) is 11.2 Å². The largest absolute Gasteiger partial charge is 0.456 e. The number of anilines is 3. The Morgan fingerprint density at radius 1 is 0.312 bits per heavy atom. The van der Waals surface area contributed by atoms with Crippen molar-refractivity contribution in [3.63, 3.8) is 0 Å². The lowest BCUT2D eigenvalue weighted by atomic mass is 9.90. The normalized spacial score (nSPS) is 11.8. The van der Waals surface area contributed by atoms with Crippen molar-refractivity contribution in [2.24, 2.45) is 0 Å². The Balaban J connectivity index is 1.38. The van der Waals surface area contributed by atoms with E-state index in [2.05, 4.69) is 175 Å². The highest BCUT2D eigenvalue weighted by Gasteiger charge is 2.23. The van der Waals surface area contributed by atoms with Gasteiger partial charge in [-0.15, -0.1) is 0 Å². The summed E-state index contributed by atoms with van der Waals surface area (Å²) >= 11 is 0. The van der Waals surface area contributed by atoms with Crippen LogP contribution in [0.3, 0.4) is 0 Å². The summed E-state index contributed by atoms with van der Waals surface area (Å²) in [6.07, 6.45) is 0. The Bertz CT molecular complexity index is 2810. The highest BCUT2D eigenvalue weighted by Crippen LogP contribution is 2.49. The highest BCUT2D eigenvalue weighted by molar-refractivity contribution is 6.36. The quantitative estimate of drug-likeness (QED) is 0.184. The van der Waals surface area contributed by atoms with Gasteiger partial charge in [0.05, 0.1) is 17.1 Å². The van der Waals surface area contributed by atoms with Crippen molar-refractivity contribution in [2.75, 3.05) is 4.90 Å². The minimum atomic E-state index is 0.914. The molecule has 0 fully saturated rings. The van der Waals surface area contributed by atoms with Gasteiger partial charge >= 0.3 is 0 Å². The molecular formula is C46H29NO. The lowest BCUT2D eigenvalue weighted by Gasteiger charge is -2.30. The first-order chi connectivity index (χ1) is 23.8. The minimum Gasteiger partial charge on any atom is -0.456 e. The van der Waals surface area contributed by atoms with E-state index in [9.17, 15) is 0 Å². The number of furan rings is 1. The third-order valence-corrected chi connectivity index (χ3v) is 9.82. The zero-order chi connectivity index (χ0) is 31.6. The molecule has 0 aliphatic heterocycles. The van der Waals surface area contributed by atoms with Crippen LogP contribution in [-0.2, 0) is 0 Å². The van der Waals surface area contributed by atoms with Gasteiger partial charge in [-0.1, -0.05) is 140 Å². The highest BCUT2D eigenvalue weighted by atomic mass is 16.3. The number of fused-ring (bicyclic) bond motifs is 11. The molecule has 0 saturated carbocycles. The zero-order valence-electron chi connectivity index (χ0n) is 26.1. The average Bonchev–Trinajstić information content (AvgIpc) is 3.54. The van der Waals surface area contributed by atoms with E-state index in [1.807, 2.05) is 6.07 Å². The van der Waals surface area contributed by atoms with Crippen LogP contribution < -0.4 is 4.90 Å². The molecule has 0 spiro atoms. The first-order valence-electron chi connectivity index (χ1n) is 16.4. The van der Waals surface area contributed by atoms with Crippen LogP contribution in [0.25, 0.3) is 76.2 Å². The molecule has 10 aromatic rings. The van der Waals surface area contributed by atoms with E-state index in [-0.39, 0.29) is 0 Å². The molecule has 0 radical (unpaired) electrons. The smallest absolute Gasteiger partial charge is 0.136 e. The van der Waals surface area contributed by atoms with Gasteiger partial charge in [0.15, 0.2) is 0 Å². The average molecular weight is 612 g/mol. The second kappa shape index (κ2) is 10.6. The Morgan fingerprint density at radius 3 is 1.73 bits per heavy atom. The van der Waals surface area contributed by atoms with Crippen molar-refractivity contribution in [3.05, 3.63) is 176 Å². The molecular weight excluding hydrogens is 583 g/mol. The van der Waals surface area contributed by atoms with E-state index in [4.69, 9.17) is 4.42 Å². The fourth-order valence-electron chi connectivity index (χ4n) is 7.80. The Kier molecular flexibility index (Phi) is 5.91. The molecule has 0 amide bonds. The molecule has 9 aromatic carbocycles. The van der Waals surface area contributed by atoms with Gasteiger partial charge in [0.2, 0.25) is 0 Å².